The fourth-order valence-electron chi connectivity index (χ4n) is 1.38. The number of rotatable bonds is 3. The molecule has 3 nitrogen and oxygen atoms in total. The Balaban J connectivity index is 0.00000112. The van der Waals surface area contributed by atoms with Gasteiger partial charge in [-0.1, -0.05) is 0 Å². The second-order valence-corrected chi connectivity index (χ2v) is 3.82. The van der Waals surface area contributed by atoms with E-state index in [1.807, 2.05) is 13.0 Å². The van der Waals surface area contributed by atoms with Crippen LogP contribution < -0.4 is 10.1 Å². The van der Waals surface area contributed by atoms with Gasteiger partial charge in [-0.3, -0.25) is 4.98 Å². The van der Waals surface area contributed by atoms with Gasteiger partial charge in [0.25, 0.3) is 0 Å². The molecule has 1 aliphatic rings. The smallest absolute Gasteiger partial charge is 0.137 e. The Morgan fingerprint density at radius 1 is 1.53 bits per heavy atom. The zero-order chi connectivity index (χ0) is 9.97. The minimum absolute atomic E-state index is 0. The van der Waals surface area contributed by atoms with Gasteiger partial charge in [0.05, 0.1) is 6.20 Å². The summed E-state index contributed by atoms with van der Waals surface area (Å²) in [4.78, 5) is 4.26. The zero-order valence-electron chi connectivity index (χ0n) is 9.12. The molecule has 0 unspecified atom stereocenters. The summed E-state index contributed by atoms with van der Waals surface area (Å²) in [6.45, 7) is 5.94. The van der Waals surface area contributed by atoms with Crippen LogP contribution in [0.2, 0.25) is 0 Å². The van der Waals surface area contributed by atoms with Gasteiger partial charge in [0.1, 0.15) is 12.4 Å². The van der Waals surface area contributed by atoms with Crippen LogP contribution in [0.4, 0.5) is 0 Å². The molecule has 15 heavy (non-hydrogen) atoms. The molecule has 84 valence electrons. The van der Waals surface area contributed by atoms with Crippen molar-refractivity contribution in [1.82, 2.24) is 10.3 Å². The lowest BCUT2D eigenvalue weighted by Gasteiger charge is -2.27. The van der Waals surface area contributed by atoms with Crippen molar-refractivity contribution < 1.29 is 4.74 Å². The maximum Gasteiger partial charge on any atom is 0.137 e. The second kappa shape index (κ2) is 5.33. The van der Waals surface area contributed by atoms with Crippen molar-refractivity contribution in [3.63, 3.8) is 0 Å². The maximum absolute atomic E-state index is 5.62. The number of hydrogen-bond donors (Lipinski definition) is 1. The van der Waals surface area contributed by atoms with E-state index < -0.39 is 0 Å². The topological polar surface area (TPSA) is 34.1 Å². The third kappa shape index (κ3) is 3.08. The lowest BCUT2D eigenvalue weighted by Crippen LogP contribution is -2.46. The Bertz CT molecular complexity index is 326. The van der Waals surface area contributed by atoms with E-state index in [1.165, 1.54) is 12.0 Å². The monoisotopic (exact) mass is 228 g/mol. The number of aryl methyl sites for hydroxylation is 2. The van der Waals surface area contributed by atoms with E-state index >= 15 is 0 Å². The molecular formula is C11H17ClN2O. The van der Waals surface area contributed by atoms with Gasteiger partial charge in [-0.15, -0.1) is 12.4 Å². The molecule has 0 aromatic carbocycles. The van der Waals surface area contributed by atoms with E-state index in [9.17, 15) is 0 Å². The molecule has 0 bridgehead atoms. The van der Waals surface area contributed by atoms with Gasteiger partial charge in [0.15, 0.2) is 0 Å². The van der Waals surface area contributed by atoms with Crippen molar-refractivity contribution in [3.05, 3.63) is 23.5 Å². The first-order valence-electron chi connectivity index (χ1n) is 5.05. The third-order valence-corrected chi connectivity index (χ3v) is 2.69. The van der Waals surface area contributed by atoms with Crippen molar-refractivity contribution >= 4 is 12.4 Å². The number of halogens is 1. The highest BCUT2D eigenvalue weighted by Gasteiger charge is 2.16. The molecule has 1 aliphatic heterocycles. The fraction of sp³-hybridized carbons (Fsp3) is 0.545. The van der Waals surface area contributed by atoms with E-state index in [2.05, 4.69) is 17.2 Å². The van der Waals surface area contributed by atoms with Crippen LogP contribution in [-0.2, 0) is 0 Å². The van der Waals surface area contributed by atoms with Crippen LogP contribution in [0.15, 0.2) is 12.3 Å². The Kier molecular flexibility index (Phi) is 4.36. The molecule has 0 saturated carbocycles. The van der Waals surface area contributed by atoms with E-state index in [1.54, 1.807) is 6.20 Å². The first kappa shape index (κ1) is 12.3. The normalized spacial score (nSPS) is 18.9. The van der Waals surface area contributed by atoms with Crippen LogP contribution in [0, 0.1) is 13.8 Å². The maximum atomic E-state index is 5.62. The van der Waals surface area contributed by atoms with Crippen molar-refractivity contribution in [2.24, 2.45) is 0 Å². The van der Waals surface area contributed by atoms with E-state index in [0.717, 1.165) is 24.6 Å². The van der Waals surface area contributed by atoms with Crippen molar-refractivity contribution in [2.75, 3.05) is 13.2 Å². The Hall–Kier alpha value is -0.800. The van der Waals surface area contributed by atoms with Gasteiger partial charge >= 0.3 is 0 Å². The van der Waals surface area contributed by atoms with Crippen LogP contribution in [0.3, 0.4) is 0 Å². The average Bonchev–Trinajstić information content (AvgIpc) is 2.08. The van der Waals surface area contributed by atoms with Crippen LogP contribution in [-0.4, -0.2) is 24.2 Å². The van der Waals surface area contributed by atoms with Crippen molar-refractivity contribution in [1.29, 1.82) is 0 Å². The summed E-state index contributed by atoms with van der Waals surface area (Å²) < 4.78 is 5.62. The molecule has 2 rings (SSSR count). The molecule has 4 heteroatoms. The van der Waals surface area contributed by atoms with Gasteiger partial charge in [0.2, 0.25) is 0 Å². The molecule has 0 amide bonds. The average molecular weight is 229 g/mol. The molecule has 2 heterocycles. The molecule has 0 aliphatic carbocycles. The largest absolute Gasteiger partial charge is 0.490 e. The van der Waals surface area contributed by atoms with Gasteiger partial charge in [-0.25, -0.2) is 0 Å². The van der Waals surface area contributed by atoms with Gasteiger partial charge in [0, 0.05) is 11.7 Å². The van der Waals surface area contributed by atoms with Gasteiger partial charge in [-0.2, -0.15) is 0 Å². The number of nitrogens with zero attached hydrogens (tertiary/aromatic N) is 1. The van der Waals surface area contributed by atoms with E-state index in [0.29, 0.717) is 6.04 Å². The summed E-state index contributed by atoms with van der Waals surface area (Å²) in [5, 5.41) is 3.30. The molecular weight excluding hydrogens is 212 g/mol. The Labute approximate surface area is 96.7 Å². The Morgan fingerprint density at radius 3 is 2.80 bits per heavy atom. The summed E-state index contributed by atoms with van der Waals surface area (Å²) in [5.41, 5.74) is 2.25. The molecule has 1 N–H and O–H groups in total. The van der Waals surface area contributed by atoms with E-state index in [-0.39, 0.29) is 12.4 Å². The lowest BCUT2D eigenvalue weighted by atomic mass is 10.1. The minimum Gasteiger partial charge on any atom is -0.490 e. The van der Waals surface area contributed by atoms with Crippen LogP contribution in [0.1, 0.15) is 17.7 Å². The predicted molar refractivity (Wildman–Crippen MR) is 62.9 cm³/mol. The summed E-state index contributed by atoms with van der Waals surface area (Å²) >= 11 is 0. The highest BCUT2D eigenvalue weighted by Crippen LogP contribution is 2.14. The predicted octanol–water partition coefficient (Wildman–Crippen LogP) is 1.86. The van der Waals surface area contributed by atoms with Gasteiger partial charge in [-0.05, 0) is 38.4 Å². The highest BCUT2D eigenvalue weighted by molar-refractivity contribution is 5.85. The molecule has 1 fully saturated rings. The summed E-state index contributed by atoms with van der Waals surface area (Å²) in [5.74, 6) is 0.877. The highest BCUT2D eigenvalue weighted by atomic mass is 35.5. The lowest BCUT2D eigenvalue weighted by molar-refractivity contribution is 0.217. The summed E-state index contributed by atoms with van der Waals surface area (Å²) in [7, 11) is 0. The van der Waals surface area contributed by atoms with Crippen LogP contribution >= 0.6 is 12.4 Å². The fourth-order valence-corrected chi connectivity index (χ4v) is 1.38. The number of ether oxygens (including phenoxy) is 1. The molecule has 1 atom stereocenters. The quantitative estimate of drug-likeness (QED) is 0.858. The molecule has 0 spiro atoms. The number of nitrogens with one attached hydrogen (secondary N) is 1. The summed E-state index contributed by atoms with van der Waals surface area (Å²) in [6, 6.07) is 2.58. The number of aromatic nitrogens is 1. The minimum atomic E-state index is 0. The SMILES string of the molecule is Cc1cc(OC[C@@H]2CCN2)cnc1C.Cl. The van der Waals surface area contributed by atoms with Gasteiger partial charge < -0.3 is 10.1 Å². The van der Waals surface area contributed by atoms with Crippen LogP contribution in [0.25, 0.3) is 0 Å². The first-order valence-corrected chi connectivity index (χ1v) is 5.05. The number of pyridine rings is 1. The third-order valence-electron chi connectivity index (χ3n) is 2.69. The van der Waals surface area contributed by atoms with Crippen molar-refractivity contribution in [3.8, 4) is 5.75 Å². The van der Waals surface area contributed by atoms with Crippen LogP contribution in [0.5, 0.6) is 5.75 Å². The molecule has 1 aromatic heterocycles. The number of hydrogen-bond acceptors (Lipinski definition) is 3. The second-order valence-electron chi connectivity index (χ2n) is 3.82. The molecule has 1 saturated heterocycles. The standard InChI is InChI=1S/C11H16N2O.ClH/c1-8-5-11(6-13-9(8)2)14-7-10-3-4-12-10;/h5-6,10,12H,3-4,7H2,1-2H3;1H/t10-;/m0./s1. The molecule has 0 radical (unpaired) electrons. The summed E-state index contributed by atoms with van der Waals surface area (Å²) in [6.07, 6.45) is 3.01. The van der Waals surface area contributed by atoms with E-state index in [4.69, 9.17) is 4.74 Å². The van der Waals surface area contributed by atoms with Crippen molar-refractivity contribution in [2.45, 2.75) is 26.3 Å². The Morgan fingerprint density at radius 2 is 2.27 bits per heavy atom. The zero-order valence-corrected chi connectivity index (χ0v) is 9.93. The molecule has 1 aromatic rings. The first-order chi connectivity index (χ1) is 6.75.